The van der Waals surface area contributed by atoms with E-state index in [1.165, 1.54) is 0 Å². The quantitative estimate of drug-likeness (QED) is 0.741. The summed E-state index contributed by atoms with van der Waals surface area (Å²) < 4.78 is 0. The average molecular weight is 195 g/mol. The first-order valence-corrected chi connectivity index (χ1v) is 5.20. The molecule has 1 aliphatic rings. The van der Waals surface area contributed by atoms with E-state index in [0.717, 1.165) is 32.4 Å². The normalized spacial score (nSPS) is 17.6. The van der Waals surface area contributed by atoms with Crippen molar-refractivity contribution in [2.75, 3.05) is 13.1 Å². The molecule has 0 aromatic heterocycles. The van der Waals surface area contributed by atoms with E-state index < -0.39 is 0 Å². The van der Waals surface area contributed by atoms with Crippen LogP contribution in [0.4, 0.5) is 4.79 Å². The van der Waals surface area contributed by atoms with Crippen LogP contribution in [0.3, 0.4) is 0 Å². The molecule has 1 aliphatic heterocycles. The van der Waals surface area contributed by atoms with Gasteiger partial charge in [-0.1, -0.05) is 6.92 Å². The van der Waals surface area contributed by atoms with Gasteiger partial charge in [-0.15, -0.1) is 0 Å². The number of carbonyl (C=O) groups excluding carboxylic acids is 1. The third-order valence-corrected chi connectivity index (χ3v) is 2.55. The van der Waals surface area contributed by atoms with Crippen LogP contribution in [-0.2, 0) is 0 Å². The Hall–Kier alpha value is -1.24. The Kier molecular flexibility index (Phi) is 4.24. The zero-order chi connectivity index (χ0) is 10.4. The Morgan fingerprint density at radius 2 is 2.21 bits per heavy atom. The van der Waals surface area contributed by atoms with Gasteiger partial charge in [-0.25, -0.2) is 4.79 Å². The zero-order valence-corrected chi connectivity index (χ0v) is 8.62. The molecule has 1 rings (SSSR count). The number of hydrogen-bond acceptors (Lipinski definition) is 2. The van der Waals surface area contributed by atoms with Crippen molar-refractivity contribution in [2.45, 2.75) is 38.6 Å². The van der Waals surface area contributed by atoms with Crippen LogP contribution in [0.25, 0.3) is 0 Å². The van der Waals surface area contributed by atoms with E-state index in [1.54, 1.807) is 0 Å². The lowest BCUT2D eigenvalue weighted by Crippen LogP contribution is -2.43. The third kappa shape index (κ3) is 2.91. The number of carbonyl (C=O) groups is 1. The molecule has 1 N–H and O–H groups in total. The minimum atomic E-state index is -0.00963. The summed E-state index contributed by atoms with van der Waals surface area (Å²) in [5, 5.41) is 11.4. The van der Waals surface area contributed by atoms with Crippen LogP contribution in [0.1, 0.15) is 32.6 Å². The maximum absolute atomic E-state index is 11.6. The molecule has 4 nitrogen and oxygen atoms in total. The molecule has 1 fully saturated rings. The van der Waals surface area contributed by atoms with Crippen LogP contribution >= 0.6 is 0 Å². The van der Waals surface area contributed by atoms with Crippen molar-refractivity contribution in [3.05, 3.63) is 0 Å². The first kappa shape index (κ1) is 10.8. The average Bonchev–Trinajstić information content (AvgIpc) is 2.69. The fraction of sp³-hybridized carbons (Fsp3) is 0.800. The summed E-state index contributed by atoms with van der Waals surface area (Å²) >= 11 is 0. The zero-order valence-electron chi connectivity index (χ0n) is 8.62. The number of amides is 2. The van der Waals surface area contributed by atoms with Crippen molar-refractivity contribution in [3.63, 3.8) is 0 Å². The SMILES string of the molecule is CCC(CC#N)NC(=O)N1CCCC1. The topological polar surface area (TPSA) is 56.1 Å². The van der Waals surface area contributed by atoms with E-state index in [9.17, 15) is 4.79 Å². The predicted molar refractivity (Wildman–Crippen MR) is 53.6 cm³/mol. The molecule has 14 heavy (non-hydrogen) atoms. The highest BCUT2D eigenvalue weighted by Crippen LogP contribution is 2.08. The molecule has 1 saturated heterocycles. The Balaban J connectivity index is 2.34. The monoisotopic (exact) mass is 195 g/mol. The molecule has 1 heterocycles. The second-order valence-corrected chi connectivity index (χ2v) is 3.61. The molecule has 0 aromatic rings. The van der Waals surface area contributed by atoms with Gasteiger partial charge in [-0.2, -0.15) is 5.26 Å². The Bertz CT molecular complexity index is 228. The van der Waals surface area contributed by atoms with E-state index in [4.69, 9.17) is 5.26 Å². The van der Waals surface area contributed by atoms with Gasteiger partial charge in [0.2, 0.25) is 0 Å². The summed E-state index contributed by atoms with van der Waals surface area (Å²) in [6.07, 6.45) is 3.41. The minimum Gasteiger partial charge on any atom is -0.334 e. The van der Waals surface area contributed by atoms with E-state index in [1.807, 2.05) is 11.8 Å². The van der Waals surface area contributed by atoms with Crippen LogP contribution < -0.4 is 5.32 Å². The van der Waals surface area contributed by atoms with Crippen molar-refractivity contribution in [2.24, 2.45) is 0 Å². The largest absolute Gasteiger partial charge is 0.334 e. The highest BCUT2D eigenvalue weighted by Gasteiger charge is 2.19. The number of nitriles is 1. The first-order chi connectivity index (χ1) is 6.77. The second kappa shape index (κ2) is 5.48. The fourth-order valence-corrected chi connectivity index (χ4v) is 1.59. The van der Waals surface area contributed by atoms with Crippen molar-refractivity contribution in [1.82, 2.24) is 10.2 Å². The van der Waals surface area contributed by atoms with E-state index in [2.05, 4.69) is 11.4 Å². The molecule has 1 unspecified atom stereocenters. The molecule has 4 heteroatoms. The number of nitrogens with zero attached hydrogens (tertiary/aromatic N) is 2. The Morgan fingerprint density at radius 3 is 2.71 bits per heavy atom. The van der Waals surface area contributed by atoms with Gasteiger partial charge in [0, 0.05) is 19.1 Å². The van der Waals surface area contributed by atoms with Gasteiger partial charge in [0.1, 0.15) is 0 Å². The molecule has 78 valence electrons. The number of hydrogen-bond donors (Lipinski definition) is 1. The number of likely N-dealkylation sites (tertiary alicyclic amines) is 1. The molecule has 1 atom stereocenters. The second-order valence-electron chi connectivity index (χ2n) is 3.61. The number of nitrogens with one attached hydrogen (secondary N) is 1. The lowest BCUT2D eigenvalue weighted by molar-refractivity contribution is 0.204. The Morgan fingerprint density at radius 1 is 1.57 bits per heavy atom. The van der Waals surface area contributed by atoms with E-state index >= 15 is 0 Å². The summed E-state index contributed by atoms with van der Waals surface area (Å²) in [5.74, 6) is 0. The third-order valence-electron chi connectivity index (χ3n) is 2.55. The van der Waals surface area contributed by atoms with Gasteiger partial charge in [0.05, 0.1) is 12.5 Å². The summed E-state index contributed by atoms with van der Waals surface area (Å²) in [6, 6.07) is 2.08. The molecule has 2 amide bonds. The van der Waals surface area contributed by atoms with Crippen LogP contribution in [-0.4, -0.2) is 30.1 Å². The van der Waals surface area contributed by atoms with Crippen molar-refractivity contribution < 1.29 is 4.79 Å². The van der Waals surface area contributed by atoms with E-state index in [-0.39, 0.29) is 12.1 Å². The highest BCUT2D eigenvalue weighted by molar-refractivity contribution is 5.74. The van der Waals surface area contributed by atoms with Gasteiger partial charge >= 0.3 is 6.03 Å². The van der Waals surface area contributed by atoms with Crippen molar-refractivity contribution in [1.29, 1.82) is 5.26 Å². The van der Waals surface area contributed by atoms with Crippen LogP contribution in [0.5, 0.6) is 0 Å². The molecular weight excluding hydrogens is 178 g/mol. The smallest absolute Gasteiger partial charge is 0.317 e. The van der Waals surface area contributed by atoms with Crippen molar-refractivity contribution >= 4 is 6.03 Å². The summed E-state index contributed by atoms with van der Waals surface area (Å²) in [6.45, 7) is 3.69. The molecular formula is C10H17N3O. The van der Waals surface area contributed by atoms with Crippen molar-refractivity contribution in [3.8, 4) is 6.07 Å². The van der Waals surface area contributed by atoms with Gasteiger partial charge < -0.3 is 10.2 Å². The van der Waals surface area contributed by atoms with E-state index in [0.29, 0.717) is 6.42 Å². The standard InChI is InChI=1S/C10H17N3O/c1-2-9(5-6-11)12-10(14)13-7-3-4-8-13/h9H,2-5,7-8H2,1H3,(H,12,14). The van der Waals surface area contributed by atoms with Gasteiger partial charge in [-0.3, -0.25) is 0 Å². The molecule has 0 aromatic carbocycles. The van der Waals surface area contributed by atoms with Gasteiger partial charge in [0.15, 0.2) is 0 Å². The maximum Gasteiger partial charge on any atom is 0.317 e. The number of urea groups is 1. The Labute approximate surface area is 84.9 Å². The summed E-state index contributed by atoms with van der Waals surface area (Å²) in [5.41, 5.74) is 0. The lowest BCUT2D eigenvalue weighted by atomic mass is 10.2. The van der Waals surface area contributed by atoms with Crippen LogP contribution in [0.15, 0.2) is 0 Å². The maximum atomic E-state index is 11.6. The lowest BCUT2D eigenvalue weighted by Gasteiger charge is -2.20. The summed E-state index contributed by atoms with van der Waals surface area (Å²) in [4.78, 5) is 13.4. The highest BCUT2D eigenvalue weighted by atomic mass is 16.2. The molecule has 0 saturated carbocycles. The summed E-state index contributed by atoms with van der Waals surface area (Å²) in [7, 11) is 0. The van der Waals surface area contributed by atoms with Crippen LogP contribution in [0.2, 0.25) is 0 Å². The molecule has 0 radical (unpaired) electrons. The fourth-order valence-electron chi connectivity index (χ4n) is 1.59. The number of rotatable bonds is 3. The molecule has 0 bridgehead atoms. The first-order valence-electron chi connectivity index (χ1n) is 5.20. The predicted octanol–water partition coefficient (Wildman–Crippen LogP) is 1.48. The van der Waals surface area contributed by atoms with Gasteiger partial charge in [-0.05, 0) is 19.3 Å². The molecule has 0 aliphatic carbocycles. The van der Waals surface area contributed by atoms with Gasteiger partial charge in [0.25, 0.3) is 0 Å². The molecule has 0 spiro atoms. The van der Waals surface area contributed by atoms with Crippen LogP contribution in [0, 0.1) is 11.3 Å². The minimum absolute atomic E-state index is 0.00750.